The van der Waals surface area contributed by atoms with Gasteiger partial charge in [-0.15, -0.1) is 0 Å². The molecule has 1 aromatic carbocycles. The van der Waals surface area contributed by atoms with E-state index in [0.29, 0.717) is 17.9 Å². The van der Waals surface area contributed by atoms with Gasteiger partial charge in [0, 0.05) is 11.8 Å². The van der Waals surface area contributed by atoms with E-state index in [1.54, 1.807) is 48.7 Å². The molecule has 0 radical (unpaired) electrons. The smallest absolute Gasteiger partial charge is 0.188 e. The fraction of sp³-hybridized carbons (Fsp3) is 0.536. The largest absolute Gasteiger partial charge is 0.494 e. The average Bonchev–Trinajstić information content (AvgIpc) is 2.83. The van der Waals surface area contributed by atoms with Gasteiger partial charge < -0.3 is 4.74 Å². The lowest BCUT2D eigenvalue weighted by Crippen LogP contribution is -2.10. The van der Waals surface area contributed by atoms with Gasteiger partial charge in [0.15, 0.2) is 11.6 Å². The monoisotopic (exact) mass is 437 g/mol. The van der Waals surface area contributed by atoms with Gasteiger partial charge in [-0.1, -0.05) is 83.6 Å². The zero-order chi connectivity index (χ0) is 22.9. The predicted molar refractivity (Wildman–Crippen MR) is 131 cm³/mol. The molecule has 0 atom stereocenters. The van der Waals surface area contributed by atoms with Crippen molar-refractivity contribution in [1.29, 1.82) is 0 Å². The fourth-order valence-corrected chi connectivity index (χ4v) is 3.74. The fourth-order valence-electron chi connectivity index (χ4n) is 3.74. The Morgan fingerprint density at radius 3 is 1.88 bits per heavy atom. The normalized spacial score (nSPS) is 10.8. The van der Waals surface area contributed by atoms with Crippen molar-refractivity contribution < 1.29 is 14.3 Å². The second-order valence-electron chi connectivity index (χ2n) is 8.50. The van der Waals surface area contributed by atoms with Gasteiger partial charge in [0.2, 0.25) is 0 Å². The number of aromatic nitrogens is 1. The first-order valence-corrected chi connectivity index (χ1v) is 12.4. The maximum Gasteiger partial charge on any atom is 0.188 e. The standard InChI is InChI=1S/C28H39NO3/c1-2-3-4-5-6-7-8-9-10-11-12-15-22-32-25-19-17-24(18-20-25)27(30)23-28(31)26-16-13-14-21-29-26/h13-14,16-21H,2-12,15,22-23H2,1H3. The van der Waals surface area contributed by atoms with Gasteiger partial charge in [-0.2, -0.15) is 0 Å². The van der Waals surface area contributed by atoms with Gasteiger partial charge in [0.05, 0.1) is 13.0 Å². The molecule has 4 heteroatoms. The minimum absolute atomic E-state index is 0.171. The molecule has 0 aliphatic heterocycles. The van der Waals surface area contributed by atoms with Crippen molar-refractivity contribution in [2.75, 3.05) is 6.61 Å². The van der Waals surface area contributed by atoms with E-state index in [2.05, 4.69) is 11.9 Å². The lowest BCUT2D eigenvalue weighted by molar-refractivity contribution is 0.0891. The summed E-state index contributed by atoms with van der Waals surface area (Å²) in [5.41, 5.74) is 0.843. The van der Waals surface area contributed by atoms with E-state index in [-0.39, 0.29) is 18.0 Å². The van der Waals surface area contributed by atoms with Gasteiger partial charge in [0.1, 0.15) is 11.4 Å². The number of ketones is 2. The number of benzene rings is 1. The van der Waals surface area contributed by atoms with Crippen molar-refractivity contribution in [2.24, 2.45) is 0 Å². The molecule has 1 aromatic heterocycles. The number of rotatable bonds is 18. The van der Waals surface area contributed by atoms with Crippen LogP contribution in [0.5, 0.6) is 5.75 Å². The number of hydrogen-bond donors (Lipinski definition) is 0. The summed E-state index contributed by atoms with van der Waals surface area (Å²) < 4.78 is 5.79. The second-order valence-corrected chi connectivity index (χ2v) is 8.50. The minimum atomic E-state index is -0.261. The molecule has 32 heavy (non-hydrogen) atoms. The molecule has 2 aromatic rings. The SMILES string of the molecule is CCCCCCCCCCCCCCOc1ccc(C(=O)CC(=O)c2ccccn2)cc1. The molecule has 2 rings (SSSR count). The van der Waals surface area contributed by atoms with Crippen molar-refractivity contribution in [1.82, 2.24) is 4.98 Å². The van der Waals surface area contributed by atoms with E-state index in [9.17, 15) is 9.59 Å². The third-order valence-electron chi connectivity index (χ3n) is 5.71. The zero-order valence-corrected chi connectivity index (χ0v) is 19.7. The van der Waals surface area contributed by atoms with E-state index in [1.165, 1.54) is 70.6 Å². The molecule has 0 aliphatic carbocycles. The van der Waals surface area contributed by atoms with Crippen molar-refractivity contribution >= 4 is 11.6 Å². The Morgan fingerprint density at radius 1 is 0.719 bits per heavy atom. The molecule has 1 heterocycles. The Hall–Kier alpha value is -2.49. The van der Waals surface area contributed by atoms with Crippen LogP contribution < -0.4 is 4.74 Å². The van der Waals surface area contributed by atoms with Crippen LogP contribution in [0.2, 0.25) is 0 Å². The van der Waals surface area contributed by atoms with Gasteiger partial charge in [-0.3, -0.25) is 14.6 Å². The number of unbranched alkanes of at least 4 members (excludes halogenated alkanes) is 11. The second kappa shape index (κ2) is 16.2. The van der Waals surface area contributed by atoms with Crippen LogP contribution in [0.1, 0.15) is 111 Å². The van der Waals surface area contributed by atoms with Crippen LogP contribution in [-0.4, -0.2) is 23.2 Å². The highest BCUT2D eigenvalue weighted by Gasteiger charge is 2.14. The van der Waals surface area contributed by atoms with Crippen LogP contribution in [0.3, 0.4) is 0 Å². The Bertz CT molecular complexity index is 771. The molecule has 0 fully saturated rings. The Balaban J connectivity index is 1.52. The summed E-state index contributed by atoms with van der Waals surface area (Å²) in [6.07, 6.45) is 17.3. The lowest BCUT2D eigenvalue weighted by atomic mass is 10.0. The number of Topliss-reactive ketones (excluding diaryl/α,β-unsaturated/α-hetero) is 2. The third kappa shape index (κ3) is 10.7. The third-order valence-corrected chi connectivity index (χ3v) is 5.71. The van der Waals surface area contributed by atoms with Crippen LogP contribution in [0.4, 0.5) is 0 Å². The van der Waals surface area contributed by atoms with Crippen molar-refractivity contribution in [3.8, 4) is 5.75 Å². The number of pyridine rings is 1. The quantitative estimate of drug-likeness (QED) is 0.137. The molecule has 4 nitrogen and oxygen atoms in total. The molecule has 0 unspecified atom stereocenters. The van der Waals surface area contributed by atoms with Crippen LogP contribution in [0, 0.1) is 0 Å². The summed E-state index contributed by atoms with van der Waals surface area (Å²) in [5, 5.41) is 0. The Kier molecular flexibility index (Phi) is 13.0. The van der Waals surface area contributed by atoms with E-state index < -0.39 is 0 Å². The number of carbonyl (C=O) groups excluding carboxylic acids is 2. The molecule has 0 saturated carbocycles. The van der Waals surface area contributed by atoms with Crippen molar-refractivity contribution in [3.63, 3.8) is 0 Å². The van der Waals surface area contributed by atoms with Gasteiger partial charge in [0.25, 0.3) is 0 Å². The number of carbonyl (C=O) groups is 2. The topological polar surface area (TPSA) is 56.3 Å². The maximum atomic E-state index is 12.3. The van der Waals surface area contributed by atoms with Gasteiger partial charge in [-0.05, 0) is 42.8 Å². The van der Waals surface area contributed by atoms with Crippen LogP contribution >= 0.6 is 0 Å². The molecule has 0 spiro atoms. The lowest BCUT2D eigenvalue weighted by Gasteiger charge is -2.07. The van der Waals surface area contributed by atoms with Gasteiger partial charge in [-0.25, -0.2) is 0 Å². The summed E-state index contributed by atoms with van der Waals surface area (Å²) in [7, 11) is 0. The van der Waals surface area contributed by atoms with Gasteiger partial charge >= 0.3 is 0 Å². The summed E-state index contributed by atoms with van der Waals surface area (Å²) in [6, 6.07) is 12.2. The maximum absolute atomic E-state index is 12.3. The van der Waals surface area contributed by atoms with E-state index >= 15 is 0 Å². The van der Waals surface area contributed by atoms with E-state index in [1.807, 2.05) is 0 Å². The zero-order valence-electron chi connectivity index (χ0n) is 19.7. The summed E-state index contributed by atoms with van der Waals surface area (Å²) in [4.78, 5) is 28.5. The average molecular weight is 438 g/mol. The number of ether oxygens (including phenoxy) is 1. The Morgan fingerprint density at radius 2 is 1.31 bits per heavy atom. The summed E-state index contributed by atoms with van der Waals surface area (Å²) in [6.45, 7) is 2.96. The summed E-state index contributed by atoms with van der Waals surface area (Å²) >= 11 is 0. The van der Waals surface area contributed by atoms with Crippen LogP contribution in [-0.2, 0) is 0 Å². The van der Waals surface area contributed by atoms with Crippen LogP contribution in [0.15, 0.2) is 48.7 Å². The highest BCUT2D eigenvalue weighted by Crippen LogP contribution is 2.16. The Labute approximate surface area is 193 Å². The first-order chi connectivity index (χ1) is 15.7. The molecule has 0 bridgehead atoms. The first-order valence-electron chi connectivity index (χ1n) is 12.4. The van der Waals surface area contributed by atoms with E-state index in [0.717, 1.165) is 12.2 Å². The molecular formula is C28H39NO3. The van der Waals surface area contributed by atoms with Crippen molar-refractivity contribution in [2.45, 2.75) is 90.4 Å². The van der Waals surface area contributed by atoms with E-state index in [4.69, 9.17) is 4.74 Å². The summed E-state index contributed by atoms with van der Waals surface area (Å²) in [5.74, 6) is 0.303. The number of hydrogen-bond acceptors (Lipinski definition) is 4. The predicted octanol–water partition coefficient (Wildman–Crippen LogP) is 7.62. The molecule has 0 amide bonds. The number of nitrogens with zero attached hydrogens (tertiary/aromatic N) is 1. The molecular weight excluding hydrogens is 398 g/mol. The highest BCUT2D eigenvalue weighted by atomic mass is 16.5. The molecule has 0 saturated heterocycles. The van der Waals surface area contributed by atoms with Crippen molar-refractivity contribution in [3.05, 3.63) is 59.9 Å². The van der Waals surface area contributed by atoms with Crippen LogP contribution in [0.25, 0.3) is 0 Å². The molecule has 0 aliphatic rings. The molecule has 174 valence electrons. The minimum Gasteiger partial charge on any atom is -0.494 e. The molecule has 0 N–H and O–H groups in total. The first kappa shape index (κ1) is 25.8. The highest BCUT2D eigenvalue weighted by molar-refractivity contribution is 6.12.